The van der Waals surface area contributed by atoms with E-state index in [9.17, 15) is 0 Å². The SMILES string of the molecule is COc1cc(C2CC2CN)sn1. The van der Waals surface area contributed by atoms with Crippen LogP contribution in [0.25, 0.3) is 0 Å². The van der Waals surface area contributed by atoms with Gasteiger partial charge < -0.3 is 10.5 Å². The molecule has 66 valence electrons. The Hall–Kier alpha value is -0.610. The predicted octanol–water partition coefficient (Wildman–Crippen LogP) is 1.21. The highest BCUT2D eigenvalue weighted by Gasteiger charge is 2.38. The van der Waals surface area contributed by atoms with Gasteiger partial charge in [-0.15, -0.1) is 0 Å². The first-order valence-corrected chi connectivity index (χ1v) is 4.83. The lowest BCUT2D eigenvalue weighted by Gasteiger charge is -1.90. The largest absolute Gasteiger partial charge is 0.480 e. The fourth-order valence-electron chi connectivity index (χ4n) is 1.40. The molecule has 1 fully saturated rings. The van der Waals surface area contributed by atoms with Crippen molar-refractivity contribution in [2.45, 2.75) is 12.3 Å². The van der Waals surface area contributed by atoms with Crippen LogP contribution in [0, 0.1) is 5.92 Å². The van der Waals surface area contributed by atoms with E-state index in [1.54, 1.807) is 7.11 Å². The van der Waals surface area contributed by atoms with Crippen molar-refractivity contribution in [2.75, 3.05) is 13.7 Å². The van der Waals surface area contributed by atoms with Crippen molar-refractivity contribution in [1.29, 1.82) is 0 Å². The topological polar surface area (TPSA) is 48.1 Å². The summed E-state index contributed by atoms with van der Waals surface area (Å²) in [5, 5.41) is 0. The van der Waals surface area contributed by atoms with Gasteiger partial charge in [-0.25, -0.2) is 0 Å². The zero-order valence-electron chi connectivity index (χ0n) is 6.99. The molecule has 0 radical (unpaired) electrons. The van der Waals surface area contributed by atoms with Crippen LogP contribution >= 0.6 is 11.5 Å². The third-order valence-corrected chi connectivity index (χ3v) is 3.21. The molecule has 2 unspecified atom stereocenters. The predicted molar refractivity (Wildman–Crippen MR) is 48.6 cm³/mol. The van der Waals surface area contributed by atoms with Crippen molar-refractivity contribution in [1.82, 2.24) is 4.37 Å². The van der Waals surface area contributed by atoms with Crippen LogP contribution in [0.5, 0.6) is 5.88 Å². The fourth-order valence-corrected chi connectivity index (χ4v) is 2.30. The van der Waals surface area contributed by atoms with Gasteiger partial charge in [-0.2, -0.15) is 4.37 Å². The summed E-state index contributed by atoms with van der Waals surface area (Å²) in [6.07, 6.45) is 1.22. The van der Waals surface area contributed by atoms with Crippen LogP contribution in [-0.2, 0) is 0 Å². The van der Waals surface area contributed by atoms with Gasteiger partial charge in [-0.1, -0.05) is 0 Å². The maximum atomic E-state index is 5.55. The molecule has 0 spiro atoms. The number of nitrogens with two attached hydrogens (primary N) is 1. The number of aromatic nitrogens is 1. The second-order valence-corrected chi connectivity index (χ2v) is 3.95. The Morgan fingerprint density at radius 1 is 1.83 bits per heavy atom. The molecule has 2 rings (SSSR count). The van der Waals surface area contributed by atoms with Crippen LogP contribution in [0.4, 0.5) is 0 Å². The Kier molecular flexibility index (Phi) is 2.02. The molecular formula is C8H12N2OS. The number of ether oxygens (including phenoxy) is 1. The van der Waals surface area contributed by atoms with Gasteiger partial charge in [0.25, 0.3) is 0 Å². The van der Waals surface area contributed by atoms with Crippen molar-refractivity contribution in [3.63, 3.8) is 0 Å². The van der Waals surface area contributed by atoms with E-state index in [1.165, 1.54) is 22.8 Å². The van der Waals surface area contributed by atoms with Crippen molar-refractivity contribution < 1.29 is 4.74 Å². The third-order valence-electron chi connectivity index (χ3n) is 2.31. The van der Waals surface area contributed by atoms with Crippen molar-refractivity contribution in [3.05, 3.63) is 10.9 Å². The Labute approximate surface area is 75.7 Å². The summed E-state index contributed by atoms with van der Waals surface area (Å²) < 4.78 is 9.15. The maximum Gasteiger partial charge on any atom is 0.225 e. The number of hydrogen-bond acceptors (Lipinski definition) is 4. The molecule has 0 bridgehead atoms. The smallest absolute Gasteiger partial charge is 0.225 e. The van der Waals surface area contributed by atoms with Crippen LogP contribution in [0.2, 0.25) is 0 Å². The first kappa shape index (κ1) is 8.01. The highest BCUT2D eigenvalue weighted by atomic mass is 32.1. The third kappa shape index (κ3) is 1.32. The quantitative estimate of drug-likeness (QED) is 0.768. The summed E-state index contributed by atoms with van der Waals surface area (Å²) in [5.74, 6) is 2.09. The Bertz CT molecular complexity index is 274. The highest BCUT2D eigenvalue weighted by Crippen LogP contribution is 2.48. The lowest BCUT2D eigenvalue weighted by molar-refractivity contribution is 0.402. The van der Waals surface area contributed by atoms with E-state index in [1.807, 2.05) is 6.07 Å². The van der Waals surface area contributed by atoms with E-state index >= 15 is 0 Å². The fraction of sp³-hybridized carbons (Fsp3) is 0.625. The van der Waals surface area contributed by atoms with Crippen LogP contribution in [0.1, 0.15) is 17.2 Å². The van der Waals surface area contributed by atoms with Gasteiger partial charge in [-0.05, 0) is 36.3 Å². The van der Waals surface area contributed by atoms with Crippen LogP contribution in [0.3, 0.4) is 0 Å². The molecule has 0 aliphatic heterocycles. The molecule has 2 atom stereocenters. The molecule has 0 amide bonds. The zero-order valence-corrected chi connectivity index (χ0v) is 7.80. The second-order valence-electron chi connectivity index (χ2n) is 3.11. The normalized spacial score (nSPS) is 27.2. The maximum absolute atomic E-state index is 5.55. The van der Waals surface area contributed by atoms with Gasteiger partial charge in [0, 0.05) is 10.9 Å². The van der Waals surface area contributed by atoms with Crippen molar-refractivity contribution >= 4 is 11.5 Å². The summed E-state index contributed by atoms with van der Waals surface area (Å²) in [7, 11) is 1.64. The van der Waals surface area contributed by atoms with Crippen LogP contribution in [0.15, 0.2) is 6.07 Å². The van der Waals surface area contributed by atoms with Crippen LogP contribution < -0.4 is 10.5 Å². The molecule has 2 N–H and O–H groups in total. The van der Waals surface area contributed by atoms with E-state index in [4.69, 9.17) is 10.5 Å². The molecular weight excluding hydrogens is 172 g/mol. The molecule has 1 heterocycles. The van der Waals surface area contributed by atoms with Crippen molar-refractivity contribution in [3.8, 4) is 5.88 Å². The summed E-state index contributed by atoms with van der Waals surface area (Å²) >= 11 is 1.53. The standard InChI is InChI=1S/C8H12N2OS/c1-11-8-3-7(12-10-8)6-2-5(6)4-9/h3,5-6H,2,4,9H2,1H3. The van der Waals surface area contributed by atoms with Gasteiger partial charge in [0.15, 0.2) is 0 Å². The molecule has 0 saturated heterocycles. The van der Waals surface area contributed by atoms with E-state index in [0.717, 1.165) is 12.4 Å². The van der Waals surface area contributed by atoms with E-state index in [0.29, 0.717) is 11.8 Å². The summed E-state index contributed by atoms with van der Waals surface area (Å²) in [4.78, 5) is 1.32. The average Bonchev–Trinajstić information content (AvgIpc) is 2.75. The first-order valence-electron chi connectivity index (χ1n) is 4.06. The number of nitrogens with zero attached hydrogens (tertiary/aromatic N) is 1. The molecule has 1 aliphatic rings. The summed E-state index contributed by atoms with van der Waals surface area (Å²) in [6, 6.07) is 2.02. The first-order chi connectivity index (χ1) is 5.85. The summed E-state index contributed by atoms with van der Waals surface area (Å²) in [5.41, 5.74) is 5.55. The molecule has 12 heavy (non-hydrogen) atoms. The van der Waals surface area contributed by atoms with Gasteiger partial charge in [0.1, 0.15) is 0 Å². The monoisotopic (exact) mass is 184 g/mol. The molecule has 1 aromatic heterocycles. The highest BCUT2D eigenvalue weighted by molar-refractivity contribution is 7.06. The molecule has 0 aromatic carbocycles. The zero-order chi connectivity index (χ0) is 8.55. The number of rotatable bonds is 3. The van der Waals surface area contributed by atoms with E-state index in [-0.39, 0.29) is 0 Å². The molecule has 1 saturated carbocycles. The minimum absolute atomic E-state index is 0.663. The van der Waals surface area contributed by atoms with E-state index in [2.05, 4.69) is 4.37 Å². The molecule has 3 nitrogen and oxygen atoms in total. The van der Waals surface area contributed by atoms with Crippen molar-refractivity contribution in [2.24, 2.45) is 11.7 Å². The Morgan fingerprint density at radius 2 is 2.67 bits per heavy atom. The minimum atomic E-state index is 0.663. The lowest BCUT2D eigenvalue weighted by Crippen LogP contribution is -2.01. The Balaban J connectivity index is 2.05. The van der Waals surface area contributed by atoms with Gasteiger partial charge in [0.2, 0.25) is 5.88 Å². The lowest BCUT2D eigenvalue weighted by atomic mass is 10.3. The minimum Gasteiger partial charge on any atom is -0.480 e. The van der Waals surface area contributed by atoms with Gasteiger partial charge >= 0.3 is 0 Å². The average molecular weight is 184 g/mol. The van der Waals surface area contributed by atoms with Crippen LogP contribution in [-0.4, -0.2) is 18.0 Å². The number of hydrogen-bond donors (Lipinski definition) is 1. The Morgan fingerprint density at radius 3 is 3.17 bits per heavy atom. The van der Waals surface area contributed by atoms with Gasteiger partial charge in [-0.3, -0.25) is 0 Å². The number of methoxy groups -OCH3 is 1. The van der Waals surface area contributed by atoms with Gasteiger partial charge in [0.05, 0.1) is 7.11 Å². The second kappa shape index (κ2) is 3.03. The molecule has 4 heteroatoms. The molecule has 1 aromatic rings. The summed E-state index contributed by atoms with van der Waals surface area (Å²) in [6.45, 7) is 0.797. The molecule has 1 aliphatic carbocycles. The van der Waals surface area contributed by atoms with E-state index < -0.39 is 0 Å².